The van der Waals surface area contributed by atoms with Crippen LogP contribution in [0.4, 0.5) is 0 Å². The van der Waals surface area contributed by atoms with Crippen LogP contribution in [0.2, 0.25) is 0 Å². The quantitative estimate of drug-likeness (QED) is 0.860. The van der Waals surface area contributed by atoms with Gasteiger partial charge in [0.15, 0.2) is 0 Å². The highest BCUT2D eigenvalue weighted by atomic mass is 16.5. The Kier molecular flexibility index (Phi) is 3.15. The van der Waals surface area contributed by atoms with E-state index in [1.807, 2.05) is 6.07 Å². The van der Waals surface area contributed by atoms with Gasteiger partial charge in [-0.25, -0.2) is 0 Å². The van der Waals surface area contributed by atoms with E-state index in [4.69, 9.17) is 14.9 Å². The molecule has 0 bridgehead atoms. The van der Waals surface area contributed by atoms with Crippen molar-refractivity contribution in [1.29, 1.82) is 0 Å². The molecule has 0 aliphatic heterocycles. The third kappa shape index (κ3) is 1.78. The maximum atomic E-state index is 5.55. The SMILES string of the molecule is COc1c(CCCN)c(C)cc2occc12. The summed E-state index contributed by atoms with van der Waals surface area (Å²) in [6.07, 6.45) is 3.62. The zero-order chi connectivity index (χ0) is 11.5. The summed E-state index contributed by atoms with van der Waals surface area (Å²) in [6.45, 7) is 2.78. The number of methoxy groups -OCH3 is 1. The summed E-state index contributed by atoms with van der Waals surface area (Å²) in [7, 11) is 1.70. The summed E-state index contributed by atoms with van der Waals surface area (Å²) in [4.78, 5) is 0. The van der Waals surface area contributed by atoms with Crippen LogP contribution in [-0.4, -0.2) is 13.7 Å². The van der Waals surface area contributed by atoms with Crippen LogP contribution in [0, 0.1) is 6.92 Å². The minimum atomic E-state index is 0.700. The van der Waals surface area contributed by atoms with Crippen LogP contribution in [-0.2, 0) is 6.42 Å². The Labute approximate surface area is 95.2 Å². The van der Waals surface area contributed by atoms with Gasteiger partial charge in [0.2, 0.25) is 0 Å². The van der Waals surface area contributed by atoms with Crippen molar-refractivity contribution < 1.29 is 9.15 Å². The van der Waals surface area contributed by atoms with Crippen LogP contribution in [0.3, 0.4) is 0 Å². The van der Waals surface area contributed by atoms with Crippen molar-refractivity contribution in [2.24, 2.45) is 5.73 Å². The molecule has 0 amide bonds. The Morgan fingerprint density at radius 2 is 2.25 bits per heavy atom. The van der Waals surface area contributed by atoms with Gasteiger partial charge in [0.1, 0.15) is 11.3 Å². The topological polar surface area (TPSA) is 48.4 Å². The fraction of sp³-hybridized carbons (Fsp3) is 0.385. The number of hydrogen-bond donors (Lipinski definition) is 1. The van der Waals surface area contributed by atoms with E-state index in [2.05, 4.69) is 13.0 Å². The highest BCUT2D eigenvalue weighted by molar-refractivity contribution is 5.86. The average molecular weight is 219 g/mol. The molecule has 0 saturated heterocycles. The number of aryl methyl sites for hydroxylation is 1. The maximum absolute atomic E-state index is 5.55. The number of rotatable bonds is 4. The standard InChI is InChI=1S/C13H17NO2/c1-9-8-12-11(5-7-16-12)13(15-2)10(9)4-3-6-14/h5,7-8H,3-4,6,14H2,1-2H3. The van der Waals surface area contributed by atoms with Gasteiger partial charge >= 0.3 is 0 Å². The van der Waals surface area contributed by atoms with Crippen molar-refractivity contribution in [2.45, 2.75) is 19.8 Å². The van der Waals surface area contributed by atoms with Gasteiger partial charge in [0, 0.05) is 0 Å². The van der Waals surface area contributed by atoms with Crippen LogP contribution in [0.5, 0.6) is 5.75 Å². The van der Waals surface area contributed by atoms with E-state index in [1.54, 1.807) is 13.4 Å². The number of ether oxygens (including phenoxy) is 1. The van der Waals surface area contributed by atoms with Crippen molar-refractivity contribution in [3.8, 4) is 5.75 Å². The molecule has 0 aliphatic carbocycles. The van der Waals surface area contributed by atoms with E-state index >= 15 is 0 Å². The Morgan fingerprint density at radius 1 is 1.44 bits per heavy atom. The number of fused-ring (bicyclic) bond motifs is 1. The highest BCUT2D eigenvalue weighted by Gasteiger charge is 2.12. The molecular weight excluding hydrogens is 202 g/mol. The lowest BCUT2D eigenvalue weighted by atomic mass is 10.0. The van der Waals surface area contributed by atoms with Gasteiger partial charge in [-0.2, -0.15) is 0 Å². The Bertz CT molecular complexity index is 488. The first kappa shape index (κ1) is 11.0. The molecule has 0 saturated carbocycles. The first-order chi connectivity index (χ1) is 7.77. The molecule has 0 aliphatic rings. The predicted octanol–water partition coefficient (Wildman–Crippen LogP) is 2.64. The van der Waals surface area contributed by atoms with Crippen molar-refractivity contribution in [2.75, 3.05) is 13.7 Å². The molecule has 1 heterocycles. The molecule has 0 unspecified atom stereocenters. The van der Waals surface area contributed by atoms with Crippen molar-refractivity contribution in [3.05, 3.63) is 29.5 Å². The highest BCUT2D eigenvalue weighted by Crippen LogP contribution is 2.33. The number of hydrogen-bond acceptors (Lipinski definition) is 3. The summed E-state index contributed by atoms with van der Waals surface area (Å²) in [5.74, 6) is 0.928. The minimum Gasteiger partial charge on any atom is -0.496 e. The van der Waals surface area contributed by atoms with Gasteiger partial charge in [0.05, 0.1) is 18.8 Å². The van der Waals surface area contributed by atoms with Crippen LogP contribution in [0.15, 0.2) is 22.8 Å². The Balaban J connectivity index is 2.55. The van der Waals surface area contributed by atoms with E-state index < -0.39 is 0 Å². The predicted molar refractivity (Wildman–Crippen MR) is 64.9 cm³/mol. The van der Waals surface area contributed by atoms with Crippen molar-refractivity contribution in [3.63, 3.8) is 0 Å². The van der Waals surface area contributed by atoms with Gasteiger partial charge < -0.3 is 14.9 Å². The second-order valence-electron chi connectivity index (χ2n) is 3.93. The molecule has 1 aromatic heterocycles. The normalized spacial score (nSPS) is 10.9. The summed E-state index contributed by atoms with van der Waals surface area (Å²) in [5, 5.41) is 1.04. The van der Waals surface area contributed by atoms with Crippen LogP contribution >= 0.6 is 0 Å². The Morgan fingerprint density at radius 3 is 2.94 bits per heavy atom. The fourth-order valence-electron chi connectivity index (χ4n) is 2.07. The van der Waals surface area contributed by atoms with Crippen LogP contribution in [0.25, 0.3) is 11.0 Å². The monoisotopic (exact) mass is 219 g/mol. The average Bonchev–Trinajstić information content (AvgIpc) is 2.73. The number of nitrogens with two attached hydrogens (primary N) is 1. The van der Waals surface area contributed by atoms with Crippen molar-refractivity contribution in [1.82, 2.24) is 0 Å². The number of furan rings is 1. The smallest absolute Gasteiger partial charge is 0.137 e. The van der Waals surface area contributed by atoms with Crippen LogP contribution < -0.4 is 10.5 Å². The molecule has 2 rings (SSSR count). The van der Waals surface area contributed by atoms with Gasteiger partial charge in [-0.3, -0.25) is 0 Å². The number of benzene rings is 1. The molecule has 16 heavy (non-hydrogen) atoms. The molecule has 0 radical (unpaired) electrons. The molecule has 3 nitrogen and oxygen atoms in total. The van der Waals surface area contributed by atoms with Gasteiger partial charge in [0.25, 0.3) is 0 Å². The summed E-state index contributed by atoms with van der Waals surface area (Å²) in [6, 6.07) is 4.00. The first-order valence-electron chi connectivity index (χ1n) is 5.51. The lowest BCUT2D eigenvalue weighted by Crippen LogP contribution is -2.03. The van der Waals surface area contributed by atoms with E-state index in [9.17, 15) is 0 Å². The second kappa shape index (κ2) is 4.58. The van der Waals surface area contributed by atoms with E-state index in [0.717, 1.165) is 29.6 Å². The maximum Gasteiger partial charge on any atom is 0.137 e. The van der Waals surface area contributed by atoms with Crippen molar-refractivity contribution >= 4 is 11.0 Å². The lowest BCUT2D eigenvalue weighted by molar-refractivity contribution is 0.413. The molecule has 3 heteroatoms. The van der Waals surface area contributed by atoms with E-state index in [1.165, 1.54) is 11.1 Å². The fourth-order valence-corrected chi connectivity index (χ4v) is 2.07. The van der Waals surface area contributed by atoms with Crippen LogP contribution in [0.1, 0.15) is 17.5 Å². The molecule has 2 N–H and O–H groups in total. The third-order valence-electron chi connectivity index (χ3n) is 2.87. The second-order valence-corrected chi connectivity index (χ2v) is 3.93. The third-order valence-corrected chi connectivity index (χ3v) is 2.87. The van der Waals surface area contributed by atoms with E-state index in [-0.39, 0.29) is 0 Å². The molecule has 1 aromatic carbocycles. The zero-order valence-corrected chi connectivity index (χ0v) is 9.75. The van der Waals surface area contributed by atoms with Gasteiger partial charge in [-0.1, -0.05) is 0 Å². The first-order valence-corrected chi connectivity index (χ1v) is 5.51. The van der Waals surface area contributed by atoms with E-state index in [0.29, 0.717) is 6.54 Å². The minimum absolute atomic E-state index is 0.700. The molecule has 2 aromatic rings. The molecule has 86 valence electrons. The Hall–Kier alpha value is -1.48. The lowest BCUT2D eigenvalue weighted by Gasteiger charge is -2.12. The zero-order valence-electron chi connectivity index (χ0n) is 9.75. The van der Waals surface area contributed by atoms with Gasteiger partial charge in [-0.05, 0) is 49.6 Å². The molecular formula is C13H17NO2. The summed E-state index contributed by atoms with van der Waals surface area (Å²) >= 11 is 0. The van der Waals surface area contributed by atoms with Gasteiger partial charge in [-0.15, -0.1) is 0 Å². The summed E-state index contributed by atoms with van der Waals surface area (Å²) < 4.78 is 10.9. The summed E-state index contributed by atoms with van der Waals surface area (Å²) in [5.41, 5.74) is 8.87. The largest absolute Gasteiger partial charge is 0.496 e. The molecule has 0 atom stereocenters. The molecule has 0 fully saturated rings. The molecule has 0 spiro atoms.